The molecule has 3 aromatic carbocycles. The second-order valence-corrected chi connectivity index (χ2v) is 12.1. The van der Waals surface area contributed by atoms with E-state index in [0.717, 1.165) is 29.5 Å². The lowest BCUT2D eigenvalue weighted by Gasteiger charge is -2.37. The van der Waals surface area contributed by atoms with Gasteiger partial charge in [-0.25, -0.2) is 9.18 Å². The molecular weight excluding hydrogens is 593 g/mol. The average Bonchev–Trinajstić information content (AvgIpc) is 3.36. The van der Waals surface area contributed by atoms with Crippen LogP contribution < -0.4 is 15.8 Å². The number of carbonyl (C=O) groups is 3. The zero-order valence-electron chi connectivity index (χ0n) is 23.4. The molecule has 4 N–H and O–H groups in total. The summed E-state index contributed by atoms with van der Waals surface area (Å²) < 4.78 is 21.0. The number of hydrogen-bond donors (Lipinski definition) is 3. The van der Waals surface area contributed by atoms with Gasteiger partial charge in [-0.2, -0.15) is 0 Å². The standard InChI is InChI=1S/C32H31ClFN3O5S/c1-42-25-14-11-21(19-7-9-20(10-8-19)30(35)38)15-22(25)17-37(23-12-5-18(6-13-23)16-36-32(40)41)31(39)29-28(33)27-24(34)3-2-4-26(27)43-29/h2-4,7-11,14-15,18,23,36H,5-6,12-13,16-17H2,1H3,(H2,35,38)(H,40,41). The van der Waals surface area contributed by atoms with Gasteiger partial charge in [0.1, 0.15) is 16.4 Å². The van der Waals surface area contributed by atoms with E-state index in [-0.39, 0.29) is 39.7 Å². The fourth-order valence-electron chi connectivity index (χ4n) is 5.69. The topological polar surface area (TPSA) is 122 Å². The van der Waals surface area contributed by atoms with Crippen LogP contribution in [0.2, 0.25) is 5.02 Å². The van der Waals surface area contributed by atoms with E-state index < -0.39 is 17.8 Å². The minimum absolute atomic E-state index is 0.0997. The number of carboxylic acid groups (broad SMARTS) is 1. The number of hydrogen-bond acceptors (Lipinski definition) is 5. The number of nitrogens with zero attached hydrogens (tertiary/aromatic N) is 1. The second kappa shape index (κ2) is 13.0. The van der Waals surface area contributed by atoms with Gasteiger partial charge in [0.15, 0.2) is 0 Å². The summed E-state index contributed by atoms with van der Waals surface area (Å²) in [7, 11) is 1.57. The highest BCUT2D eigenvalue weighted by Crippen LogP contribution is 2.40. The van der Waals surface area contributed by atoms with Gasteiger partial charge in [0, 0.05) is 40.3 Å². The van der Waals surface area contributed by atoms with E-state index in [1.165, 1.54) is 17.4 Å². The summed E-state index contributed by atoms with van der Waals surface area (Å²) in [4.78, 5) is 38.8. The van der Waals surface area contributed by atoms with E-state index in [4.69, 9.17) is 27.2 Å². The van der Waals surface area contributed by atoms with Crippen molar-refractivity contribution in [3.8, 4) is 16.9 Å². The Morgan fingerprint density at radius 1 is 1.07 bits per heavy atom. The predicted molar refractivity (Wildman–Crippen MR) is 165 cm³/mol. The molecule has 1 aliphatic rings. The van der Waals surface area contributed by atoms with E-state index in [1.54, 1.807) is 36.3 Å². The summed E-state index contributed by atoms with van der Waals surface area (Å²) in [5, 5.41) is 11.8. The maximum Gasteiger partial charge on any atom is 0.404 e. The van der Waals surface area contributed by atoms with Crippen molar-refractivity contribution in [2.45, 2.75) is 38.3 Å². The lowest BCUT2D eigenvalue weighted by atomic mass is 9.85. The normalized spacial score (nSPS) is 16.5. The van der Waals surface area contributed by atoms with Crippen LogP contribution >= 0.6 is 22.9 Å². The van der Waals surface area contributed by atoms with Crippen molar-refractivity contribution in [2.24, 2.45) is 11.7 Å². The predicted octanol–water partition coefficient (Wildman–Crippen LogP) is 6.94. The molecule has 43 heavy (non-hydrogen) atoms. The number of amides is 3. The number of carbonyl (C=O) groups excluding carboxylic acids is 2. The molecule has 1 aromatic heterocycles. The number of ether oxygens (including phenoxy) is 1. The molecule has 3 amide bonds. The minimum Gasteiger partial charge on any atom is -0.496 e. The first-order valence-corrected chi connectivity index (χ1v) is 15.1. The second-order valence-electron chi connectivity index (χ2n) is 10.6. The molecule has 8 nitrogen and oxygen atoms in total. The Labute approximate surface area is 257 Å². The number of nitrogens with one attached hydrogen (secondary N) is 1. The summed E-state index contributed by atoms with van der Waals surface area (Å²) in [6.45, 7) is 0.576. The highest BCUT2D eigenvalue weighted by atomic mass is 35.5. The molecule has 4 aromatic rings. The minimum atomic E-state index is -1.05. The Hall–Kier alpha value is -4.15. The summed E-state index contributed by atoms with van der Waals surface area (Å²) in [6, 6.07) is 17.2. The fourth-order valence-corrected chi connectivity index (χ4v) is 7.20. The van der Waals surface area contributed by atoms with Crippen LogP contribution in [0.1, 0.15) is 51.3 Å². The number of benzene rings is 3. The molecule has 0 bridgehead atoms. The third kappa shape index (κ3) is 6.60. The quantitative estimate of drug-likeness (QED) is 0.186. The highest BCUT2D eigenvalue weighted by Gasteiger charge is 2.33. The Balaban J connectivity index is 1.49. The van der Waals surface area contributed by atoms with Crippen molar-refractivity contribution >= 4 is 50.9 Å². The van der Waals surface area contributed by atoms with Gasteiger partial charge in [0.2, 0.25) is 5.91 Å². The van der Waals surface area contributed by atoms with Crippen molar-refractivity contribution in [1.29, 1.82) is 0 Å². The van der Waals surface area contributed by atoms with Crippen molar-refractivity contribution in [2.75, 3.05) is 13.7 Å². The Bertz CT molecular complexity index is 1670. The molecule has 0 spiro atoms. The molecule has 1 saturated carbocycles. The van der Waals surface area contributed by atoms with E-state index in [0.29, 0.717) is 35.4 Å². The fraction of sp³-hybridized carbons (Fsp3) is 0.281. The maximum atomic E-state index is 14.7. The van der Waals surface area contributed by atoms with Gasteiger partial charge in [-0.15, -0.1) is 11.3 Å². The molecule has 0 unspecified atom stereocenters. The van der Waals surface area contributed by atoms with Crippen LogP contribution in [-0.2, 0) is 6.54 Å². The number of primary amides is 1. The van der Waals surface area contributed by atoms with Crippen molar-refractivity contribution < 1.29 is 28.6 Å². The van der Waals surface area contributed by atoms with Crippen LogP contribution in [0.25, 0.3) is 21.2 Å². The summed E-state index contributed by atoms with van der Waals surface area (Å²) >= 11 is 7.80. The van der Waals surface area contributed by atoms with Crippen LogP contribution in [0.4, 0.5) is 9.18 Å². The van der Waals surface area contributed by atoms with Gasteiger partial charge >= 0.3 is 6.09 Å². The SMILES string of the molecule is COc1ccc(-c2ccc(C(N)=O)cc2)cc1CN(C(=O)c1sc2cccc(F)c2c1Cl)C1CCC(CNC(=O)O)CC1. The Morgan fingerprint density at radius 3 is 2.40 bits per heavy atom. The van der Waals surface area contributed by atoms with Crippen LogP contribution in [-0.4, -0.2) is 47.6 Å². The Morgan fingerprint density at radius 2 is 1.77 bits per heavy atom. The number of thiophene rings is 1. The molecule has 0 atom stereocenters. The lowest BCUT2D eigenvalue weighted by Crippen LogP contribution is -2.43. The molecule has 0 radical (unpaired) electrons. The highest BCUT2D eigenvalue weighted by molar-refractivity contribution is 7.21. The van der Waals surface area contributed by atoms with E-state index >= 15 is 0 Å². The van der Waals surface area contributed by atoms with E-state index in [1.807, 2.05) is 30.3 Å². The number of halogens is 2. The van der Waals surface area contributed by atoms with Crippen LogP contribution in [0.3, 0.4) is 0 Å². The first-order valence-electron chi connectivity index (χ1n) is 13.9. The van der Waals surface area contributed by atoms with Gasteiger partial charge in [-0.1, -0.05) is 35.9 Å². The maximum absolute atomic E-state index is 14.7. The number of methoxy groups -OCH3 is 1. The van der Waals surface area contributed by atoms with Crippen LogP contribution in [0, 0.1) is 11.7 Å². The van der Waals surface area contributed by atoms with E-state index in [2.05, 4.69) is 5.32 Å². The smallest absolute Gasteiger partial charge is 0.404 e. The largest absolute Gasteiger partial charge is 0.496 e. The monoisotopic (exact) mass is 623 g/mol. The zero-order chi connectivity index (χ0) is 30.7. The number of rotatable bonds is 9. The van der Waals surface area contributed by atoms with Gasteiger partial charge in [-0.3, -0.25) is 9.59 Å². The molecule has 224 valence electrons. The molecular formula is C32H31ClFN3O5S. The van der Waals surface area contributed by atoms with Gasteiger partial charge in [0.05, 0.1) is 12.1 Å². The van der Waals surface area contributed by atoms with Crippen molar-refractivity contribution in [3.63, 3.8) is 0 Å². The third-order valence-corrected chi connectivity index (χ3v) is 9.62. The number of nitrogens with two attached hydrogens (primary N) is 1. The number of fused-ring (bicyclic) bond motifs is 1. The lowest BCUT2D eigenvalue weighted by molar-refractivity contribution is 0.0592. The first kappa shape index (κ1) is 30.3. The Kier molecular flexibility index (Phi) is 9.17. The molecule has 0 aliphatic heterocycles. The first-order chi connectivity index (χ1) is 20.7. The summed E-state index contributed by atoms with van der Waals surface area (Å²) in [6.07, 6.45) is 1.78. The molecule has 1 aliphatic carbocycles. The molecule has 5 rings (SSSR count). The molecule has 11 heteroatoms. The van der Waals surface area contributed by atoms with E-state index in [9.17, 15) is 18.8 Å². The van der Waals surface area contributed by atoms with Crippen LogP contribution in [0.5, 0.6) is 5.75 Å². The van der Waals surface area contributed by atoms with Crippen LogP contribution in [0.15, 0.2) is 60.7 Å². The zero-order valence-corrected chi connectivity index (χ0v) is 25.0. The summed E-state index contributed by atoms with van der Waals surface area (Å²) in [5.41, 5.74) is 8.30. The van der Waals surface area contributed by atoms with Gasteiger partial charge < -0.3 is 25.8 Å². The van der Waals surface area contributed by atoms with Crippen molar-refractivity contribution in [1.82, 2.24) is 10.2 Å². The summed E-state index contributed by atoms with van der Waals surface area (Å²) in [5.74, 6) is -0.511. The average molecular weight is 624 g/mol. The molecule has 1 heterocycles. The molecule has 0 saturated heterocycles. The third-order valence-electron chi connectivity index (χ3n) is 7.98. The van der Waals surface area contributed by atoms with Crippen molar-refractivity contribution in [3.05, 3.63) is 87.5 Å². The molecule has 1 fully saturated rings. The van der Waals surface area contributed by atoms with Gasteiger partial charge in [-0.05, 0) is 79.1 Å². The van der Waals surface area contributed by atoms with Gasteiger partial charge in [0.25, 0.3) is 5.91 Å².